The molecule has 2 aromatic rings. The monoisotopic (exact) mass is 369 g/mol. The van der Waals surface area contributed by atoms with Gasteiger partial charge in [0.05, 0.1) is 0 Å². The van der Waals surface area contributed by atoms with Crippen LogP contribution in [-0.2, 0) is 10.2 Å². The van der Waals surface area contributed by atoms with Crippen LogP contribution >= 0.6 is 27.3 Å². The maximum atomic E-state index is 12.2. The van der Waals surface area contributed by atoms with Crippen LogP contribution in [0.15, 0.2) is 38.0 Å². The van der Waals surface area contributed by atoms with Gasteiger partial charge < -0.3 is 14.5 Å². The molecule has 3 rings (SSSR count). The second kappa shape index (κ2) is 6.34. The van der Waals surface area contributed by atoms with Gasteiger partial charge in [-0.15, -0.1) is 0 Å². The Kier molecular flexibility index (Phi) is 4.47. The Morgan fingerprint density at radius 2 is 2.14 bits per heavy atom. The highest BCUT2D eigenvalue weighted by atomic mass is 79.9. The first-order valence-electron chi connectivity index (χ1n) is 6.84. The smallest absolute Gasteiger partial charge is 0.287 e. The lowest BCUT2D eigenvalue weighted by molar-refractivity contribution is 0.0486. The van der Waals surface area contributed by atoms with Gasteiger partial charge in [0.1, 0.15) is 0 Å². The van der Waals surface area contributed by atoms with Crippen LogP contribution in [0, 0.1) is 0 Å². The van der Waals surface area contributed by atoms with E-state index in [4.69, 9.17) is 9.15 Å². The molecule has 21 heavy (non-hydrogen) atoms. The number of thiophene rings is 1. The van der Waals surface area contributed by atoms with Crippen LogP contribution in [0.1, 0.15) is 29.0 Å². The predicted molar refractivity (Wildman–Crippen MR) is 84.8 cm³/mol. The van der Waals surface area contributed by atoms with Gasteiger partial charge in [-0.25, -0.2) is 0 Å². The zero-order chi connectivity index (χ0) is 14.7. The summed E-state index contributed by atoms with van der Waals surface area (Å²) in [5, 5.41) is 7.26. The van der Waals surface area contributed by atoms with Crippen LogP contribution in [0.5, 0.6) is 0 Å². The van der Waals surface area contributed by atoms with Crippen LogP contribution in [-0.4, -0.2) is 25.7 Å². The number of halogens is 1. The van der Waals surface area contributed by atoms with Crippen molar-refractivity contribution in [1.82, 2.24) is 5.32 Å². The average Bonchev–Trinajstić information content (AvgIpc) is 3.17. The first-order chi connectivity index (χ1) is 10.2. The fraction of sp³-hybridized carbons (Fsp3) is 0.400. The van der Waals surface area contributed by atoms with Crippen LogP contribution in [0.2, 0.25) is 0 Å². The number of hydrogen-bond donors (Lipinski definition) is 1. The molecule has 3 heterocycles. The molecule has 6 heteroatoms. The minimum Gasteiger partial charge on any atom is -0.444 e. The van der Waals surface area contributed by atoms with Gasteiger partial charge in [-0.05, 0) is 63.3 Å². The summed E-state index contributed by atoms with van der Waals surface area (Å²) in [6.07, 6.45) is 1.84. The van der Waals surface area contributed by atoms with Crippen LogP contribution in [0.4, 0.5) is 0 Å². The summed E-state index contributed by atoms with van der Waals surface area (Å²) in [4.78, 5) is 12.2. The highest BCUT2D eigenvalue weighted by Crippen LogP contribution is 2.35. The first-order valence-corrected chi connectivity index (χ1v) is 8.57. The van der Waals surface area contributed by atoms with Gasteiger partial charge in [-0.3, -0.25) is 4.79 Å². The first kappa shape index (κ1) is 14.8. The number of hydrogen-bond acceptors (Lipinski definition) is 4. The lowest BCUT2D eigenvalue weighted by atomic mass is 9.75. The molecule has 0 atom stereocenters. The van der Waals surface area contributed by atoms with Crippen LogP contribution in [0.3, 0.4) is 0 Å². The van der Waals surface area contributed by atoms with Crippen LogP contribution in [0.25, 0.3) is 0 Å². The quantitative estimate of drug-likeness (QED) is 0.895. The molecule has 0 aromatic carbocycles. The zero-order valence-corrected chi connectivity index (χ0v) is 13.8. The van der Waals surface area contributed by atoms with E-state index in [2.05, 4.69) is 38.1 Å². The normalized spacial score (nSPS) is 17.6. The van der Waals surface area contributed by atoms with Gasteiger partial charge >= 0.3 is 0 Å². The highest BCUT2D eigenvalue weighted by molar-refractivity contribution is 9.10. The number of furan rings is 1. The maximum absolute atomic E-state index is 12.2. The fourth-order valence-electron chi connectivity index (χ4n) is 2.67. The van der Waals surface area contributed by atoms with Gasteiger partial charge in [-0.2, -0.15) is 11.3 Å². The van der Waals surface area contributed by atoms with E-state index in [1.165, 1.54) is 5.56 Å². The number of ether oxygens (including phenoxy) is 1. The van der Waals surface area contributed by atoms with Crippen molar-refractivity contribution in [2.24, 2.45) is 0 Å². The second-order valence-electron chi connectivity index (χ2n) is 5.19. The largest absolute Gasteiger partial charge is 0.444 e. The molecule has 1 aliphatic rings. The maximum Gasteiger partial charge on any atom is 0.287 e. The molecule has 0 aliphatic carbocycles. The Morgan fingerprint density at radius 1 is 1.33 bits per heavy atom. The molecule has 2 aromatic heterocycles. The molecule has 112 valence electrons. The van der Waals surface area contributed by atoms with Gasteiger partial charge in [0, 0.05) is 25.2 Å². The minimum absolute atomic E-state index is 0.0300. The third kappa shape index (κ3) is 3.22. The molecule has 0 spiro atoms. The zero-order valence-electron chi connectivity index (χ0n) is 11.4. The van der Waals surface area contributed by atoms with Crippen molar-refractivity contribution in [2.75, 3.05) is 19.8 Å². The van der Waals surface area contributed by atoms with E-state index in [1.807, 2.05) is 0 Å². The molecule has 1 N–H and O–H groups in total. The molecule has 0 unspecified atom stereocenters. The Labute approximate surface area is 135 Å². The molecule has 1 aliphatic heterocycles. The van der Waals surface area contributed by atoms with E-state index in [9.17, 15) is 4.79 Å². The third-order valence-corrected chi connectivity index (χ3v) is 5.08. The summed E-state index contributed by atoms with van der Waals surface area (Å²) in [5.41, 5.74) is 1.26. The van der Waals surface area contributed by atoms with Crippen molar-refractivity contribution < 1.29 is 13.9 Å². The second-order valence-corrected chi connectivity index (χ2v) is 6.75. The van der Waals surface area contributed by atoms with E-state index in [1.54, 1.807) is 23.5 Å². The number of rotatable bonds is 4. The molecule has 1 amide bonds. The number of amides is 1. The SMILES string of the molecule is O=C(NCC1(c2ccsc2)CCOCC1)c1ccc(Br)o1. The highest BCUT2D eigenvalue weighted by Gasteiger charge is 2.35. The van der Waals surface area contributed by atoms with Gasteiger partial charge in [-0.1, -0.05) is 0 Å². The van der Waals surface area contributed by atoms with Crippen molar-refractivity contribution in [1.29, 1.82) is 0 Å². The topological polar surface area (TPSA) is 51.5 Å². The molecular formula is C15H16BrNO3S. The predicted octanol–water partition coefficient (Wildman–Crippen LogP) is 3.58. The molecule has 0 radical (unpaired) electrons. The molecule has 0 bridgehead atoms. The van der Waals surface area contributed by atoms with Gasteiger partial charge in [0.2, 0.25) is 0 Å². The van der Waals surface area contributed by atoms with Crippen molar-refractivity contribution in [3.05, 3.63) is 45.0 Å². The van der Waals surface area contributed by atoms with E-state index in [0.29, 0.717) is 17.0 Å². The van der Waals surface area contributed by atoms with Crippen molar-refractivity contribution in [3.8, 4) is 0 Å². The molecule has 4 nitrogen and oxygen atoms in total. The third-order valence-electron chi connectivity index (χ3n) is 3.97. The fourth-order valence-corrected chi connectivity index (χ4v) is 3.75. The Hall–Kier alpha value is -1.11. The van der Waals surface area contributed by atoms with E-state index in [-0.39, 0.29) is 11.3 Å². The lowest BCUT2D eigenvalue weighted by Crippen LogP contribution is -2.44. The molecule has 0 saturated carbocycles. The summed E-state index contributed by atoms with van der Waals surface area (Å²) in [5.74, 6) is 0.149. The number of nitrogens with one attached hydrogen (secondary N) is 1. The molecular weight excluding hydrogens is 354 g/mol. The van der Waals surface area contributed by atoms with E-state index >= 15 is 0 Å². The number of carbonyl (C=O) groups is 1. The summed E-state index contributed by atoms with van der Waals surface area (Å²) in [7, 11) is 0. The van der Waals surface area contributed by atoms with E-state index in [0.717, 1.165) is 26.1 Å². The van der Waals surface area contributed by atoms with Gasteiger partial charge in [0.25, 0.3) is 5.91 Å². The Balaban J connectivity index is 1.72. The average molecular weight is 370 g/mol. The Morgan fingerprint density at radius 3 is 2.76 bits per heavy atom. The van der Waals surface area contributed by atoms with Crippen LogP contribution < -0.4 is 5.32 Å². The summed E-state index contributed by atoms with van der Waals surface area (Å²) in [6, 6.07) is 5.53. The van der Waals surface area contributed by atoms with Gasteiger partial charge in [0.15, 0.2) is 10.4 Å². The summed E-state index contributed by atoms with van der Waals surface area (Å²) >= 11 is 4.90. The minimum atomic E-state index is -0.179. The summed E-state index contributed by atoms with van der Waals surface area (Å²) < 4.78 is 11.3. The van der Waals surface area contributed by atoms with Crippen molar-refractivity contribution in [2.45, 2.75) is 18.3 Å². The van der Waals surface area contributed by atoms with Crippen molar-refractivity contribution in [3.63, 3.8) is 0 Å². The lowest BCUT2D eigenvalue weighted by Gasteiger charge is -2.37. The Bertz CT molecular complexity index is 602. The number of carbonyl (C=O) groups excluding carboxylic acids is 1. The standard InChI is InChI=1S/C15H16BrNO3S/c16-13-2-1-12(20-13)14(18)17-10-15(4-6-19-7-5-15)11-3-8-21-9-11/h1-3,8-9H,4-7,10H2,(H,17,18). The van der Waals surface area contributed by atoms with E-state index < -0.39 is 0 Å². The summed E-state index contributed by atoms with van der Waals surface area (Å²) in [6.45, 7) is 2.07. The van der Waals surface area contributed by atoms with Crippen molar-refractivity contribution >= 4 is 33.2 Å². The molecule has 1 fully saturated rings. The molecule has 1 saturated heterocycles.